The molecular formula is C16H17F2N2O7P. The van der Waals surface area contributed by atoms with Gasteiger partial charge in [-0.25, -0.2) is 18.1 Å². The van der Waals surface area contributed by atoms with E-state index < -0.39 is 50.0 Å². The van der Waals surface area contributed by atoms with Crippen molar-refractivity contribution in [3.63, 3.8) is 0 Å². The highest BCUT2D eigenvalue weighted by atomic mass is 31.1. The first-order chi connectivity index (χ1) is 13.1. The molecule has 5 atom stereocenters. The van der Waals surface area contributed by atoms with Crippen LogP contribution in [0.15, 0.2) is 52.2 Å². The largest absolute Gasteiger partial charge is 0.426 e. The SMILES string of the molecule is C[C@@]1(F)C(O)[C@@](F)(CO[PH](=O)Oc2ccccc2)O[C@H]1n1ccc(=O)[nH]c1=O. The molecule has 0 spiro atoms. The second kappa shape index (κ2) is 7.59. The molecule has 1 saturated heterocycles. The van der Waals surface area contributed by atoms with Crippen molar-refractivity contribution in [3.8, 4) is 5.75 Å². The normalized spacial score (nSPS) is 30.9. The number of nitrogens with one attached hydrogen (secondary N) is 1. The summed E-state index contributed by atoms with van der Waals surface area (Å²) in [5, 5.41) is 10.1. The van der Waals surface area contributed by atoms with Gasteiger partial charge in [0.15, 0.2) is 18.0 Å². The Hall–Kier alpha value is -2.33. The molecule has 0 saturated carbocycles. The van der Waals surface area contributed by atoms with Crippen LogP contribution in [0.25, 0.3) is 0 Å². The predicted molar refractivity (Wildman–Crippen MR) is 92.8 cm³/mol. The van der Waals surface area contributed by atoms with Gasteiger partial charge in [0.25, 0.3) is 11.4 Å². The van der Waals surface area contributed by atoms with E-state index in [2.05, 4.69) is 0 Å². The monoisotopic (exact) mass is 418 g/mol. The molecule has 0 amide bonds. The lowest BCUT2D eigenvalue weighted by molar-refractivity contribution is -0.203. The van der Waals surface area contributed by atoms with Crippen LogP contribution in [0.5, 0.6) is 5.75 Å². The van der Waals surface area contributed by atoms with E-state index in [1.54, 1.807) is 18.2 Å². The molecular weight excluding hydrogens is 401 g/mol. The Morgan fingerprint density at radius 1 is 1.29 bits per heavy atom. The number of H-pyrrole nitrogens is 1. The van der Waals surface area contributed by atoms with Crippen molar-refractivity contribution < 1.29 is 32.2 Å². The molecule has 0 bridgehead atoms. The van der Waals surface area contributed by atoms with Crippen LogP contribution >= 0.6 is 8.25 Å². The van der Waals surface area contributed by atoms with Gasteiger partial charge in [-0.2, -0.15) is 0 Å². The highest BCUT2D eigenvalue weighted by Crippen LogP contribution is 2.48. The van der Waals surface area contributed by atoms with Crippen molar-refractivity contribution in [1.29, 1.82) is 0 Å². The molecule has 1 fully saturated rings. The van der Waals surface area contributed by atoms with Gasteiger partial charge in [-0.15, -0.1) is 0 Å². The fraction of sp³-hybridized carbons (Fsp3) is 0.375. The zero-order valence-electron chi connectivity index (χ0n) is 14.5. The molecule has 3 rings (SSSR count). The second-order valence-electron chi connectivity index (χ2n) is 6.28. The third-order valence-electron chi connectivity index (χ3n) is 4.17. The van der Waals surface area contributed by atoms with Crippen molar-refractivity contribution in [2.75, 3.05) is 6.61 Å². The van der Waals surface area contributed by atoms with Crippen molar-refractivity contribution >= 4 is 8.25 Å². The first-order valence-electron chi connectivity index (χ1n) is 8.08. The van der Waals surface area contributed by atoms with Gasteiger partial charge in [-0.05, 0) is 19.1 Å². The van der Waals surface area contributed by atoms with E-state index in [4.69, 9.17) is 13.8 Å². The van der Waals surface area contributed by atoms with Gasteiger partial charge in [0, 0.05) is 12.3 Å². The van der Waals surface area contributed by atoms with Crippen LogP contribution in [0.1, 0.15) is 13.2 Å². The van der Waals surface area contributed by atoms with Gasteiger partial charge in [-0.1, -0.05) is 18.2 Å². The Kier molecular flexibility index (Phi) is 5.53. The summed E-state index contributed by atoms with van der Waals surface area (Å²) in [5.41, 5.74) is -4.57. The van der Waals surface area contributed by atoms with Gasteiger partial charge in [-0.3, -0.25) is 18.9 Å². The summed E-state index contributed by atoms with van der Waals surface area (Å²) in [6.45, 7) is -0.294. The molecule has 152 valence electrons. The van der Waals surface area contributed by atoms with E-state index in [0.29, 0.717) is 4.57 Å². The summed E-state index contributed by atoms with van der Waals surface area (Å²) in [6, 6.07) is 8.84. The summed E-state index contributed by atoms with van der Waals surface area (Å²) in [4.78, 5) is 24.9. The minimum atomic E-state index is -3.24. The van der Waals surface area contributed by atoms with E-state index >= 15 is 4.39 Å². The Morgan fingerprint density at radius 2 is 1.96 bits per heavy atom. The number of halogens is 2. The first-order valence-corrected chi connectivity index (χ1v) is 9.31. The lowest BCUT2D eigenvalue weighted by atomic mass is 9.97. The van der Waals surface area contributed by atoms with Gasteiger partial charge in [0.1, 0.15) is 12.4 Å². The minimum Gasteiger partial charge on any atom is -0.426 e. The molecule has 0 aliphatic carbocycles. The number of aromatic nitrogens is 2. The van der Waals surface area contributed by atoms with Gasteiger partial charge >= 0.3 is 13.9 Å². The summed E-state index contributed by atoms with van der Waals surface area (Å²) in [6.07, 6.45) is -3.38. The van der Waals surface area contributed by atoms with E-state index in [0.717, 1.165) is 19.2 Å². The molecule has 1 aromatic carbocycles. The maximum Gasteiger partial charge on any atom is 0.368 e. The number of hydrogen-bond donors (Lipinski definition) is 2. The van der Waals surface area contributed by atoms with Gasteiger partial charge in [0.05, 0.1) is 0 Å². The summed E-state index contributed by atoms with van der Waals surface area (Å²) in [5.74, 6) is -2.91. The van der Waals surface area contributed by atoms with Gasteiger partial charge < -0.3 is 14.4 Å². The van der Waals surface area contributed by atoms with Crippen molar-refractivity contribution in [2.24, 2.45) is 0 Å². The zero-order chi connectivity index (χ0) is 20.5. The van der Waals surface area contributed by atoms with E-state index in [1.165, 1.54) is 12.1 Å². The highest BCUT2D eigenvalue weighted by molar-refractivity contribution is 7.33. The Bertz CT molecular complexity index is 981. The number of aromatic amines is 1. The average Bonchev–Trinajstić information content (AvgIpc) is 2.82. The highest BCUT2D eigenvalue weighted by Gasteiger charge is 2.64. The van der Waals surface area contributed by atoms with E-state index in [-0.39, 0.29) is 5.75 Å². The maximum atomic E-state index is 15.0. The minimum absolute atomic E-state index is 0.209. The summed E-state index contributed by atoms with van der Waals surface area (Å²) in [7, 11) is -3.24. The maximum absolute atomic E-state index is 15.0. The molecule has 0 radical (unpaired) electrons. The van der Waals surface area contributed by atoms with Crippen LogP contribution in [0.3, 0.4) is 0 Å². The molecule has 9 nitrogen and oxygen atoms in total. The van der Waals surface area contributed by atoms with Crippen molar-refractivity contribution in [2.45, 2.75) is 30.8 Å². The molecule has 1 aromatic heterocycles. The van der Waals surface area contributed by atoms with Crippen LogP contribution in [0.2, 0.25) is 0 Å². The smallest absolute Gasteiger partial charge is 0.368 e. The van der Waals surface area contributed by atoms with Crippen LogP contribution in [-0.4, -0.2) is 38.9 Å². The number of aliphatic hydroxyl groups excluding tert-OH is 1. The van der Waals surface area contributed by atoms with Crippen LogP contribution in [-0.2, 0) is 13.8 Å². The molecule has 12 heteroatoms. The topological polar surface area (TPSA) is 120 Å². The third kappa shape index (κ3) is 3.93. The van der Waals surface area contributed by atoms with E-state index in [1.807, 2.05) is 4.98 Å². The molecule has 28 heavy (non-hydrogen) atoms. The number of rotatable bonds is 6. The first kappa shape index (κ1) is 20.4. The average molecular weight is 418 g/mol. The molecule has 2 aromatic rings. The lowest BCUT2D eigenvalue weighted by Gasteiger charge is -2.25. The number of para-hydroxylation sites is 1. The molecule has 2 heterocycles. The molecule has 1 aliphatic rings. The zero-order valence-corrected chi connectivity index (χ0v) is 15.5. The van der Waals surface area contributed by atoms with Crippen LogP contribution < -0.4 is 15.8 Å². The number of hydrogen-bond acceptors (Lipinski definition) is 7. The molecule has 2 N–H and O–H groups in total. The van der Waals surface area contributed by atoms with Crippen molar-refractivity contribution in [3.05, 3.63) is 63.4 Å². The van der Waals surface area contributed by atoms with E-state index in [9.17, 15) is 23.7 Å². The number of benzene rings is 1. The van der Waals surface area contributed by atoms with Crippen LogP contribution in [0, 0.1) is 0 Å². The summed E-state index contributed by atoms with van der Waals surface area (Å²) < 4.78 is 57.2. The van der Waals surface area contributed by atoms with Crippen molar-refractivity contribution in [1.82, 2.24) is 9.55 Å². The standard InChI is InChI=1S/C16H17F2N2O7P/c1-15(17)12(22)16(18,9-25-28(24)27-10-5-3-2-4-6-10)26-13(15)20-8-7-11(21)19-14(20)23/h2-8,12-13,22,28H,9H2,1H3,(H,19,21,23)/t12?,13-,15-,16-/m1/s1. The Labute approximate surface area is 157 Å². The lowest BCUT2D eigenvalue weighted by Crippen LogP contribution is -2.47. The van der Waals surface area contributed by atoms with Crippen LogP contribution in [0.4, 0.5) is 8.78 Å². The number of aliphatic hydroxyl groups is 1. The Morgan fingerprint density at radius 3 is 2.61 bits per heavy atom. The second-order valence-corrected chi connectivity index (χ2v) is 7.27. The fourth-order valence-corrected chi connectivity index (χ4v) is 3.45. The molecule has 1 aliphatic heterocycles. The fourth-order valence-electron chi connectivity index (χ4n) is 2.75. The third-order valence-corrected chi connectivity index (χ3v) is 4.95. The molecule has 2 unspecified atom stereocenters. The number of nitrogens with zero attached hydrogens (tertiary/aromatic N) is 1. The Balaban J connectivity index is 1.75. The van der Waals surface area contributed by atoms with Gasteiger partial charge in [0.2, 0.25) is 0 Å². The number of alkyl halides is 2. The summed E-state index contributed by atoms with van der Waals surface area (Å²) >= 11 is 0. The predicted octanol–water partition coefficient (Wildman–Crippen LogP) is 1.31. The quantitative estimate of drug-likeness (QED) is 0.679. The number of ether oxygens (including phenoxy) is 1.